The Morgan fingerprint density at radius 1 is 0.935 bits per heavy atom. The largest absolute Gasteiger partial charge is 0.459 e. The van der Waals surface area contributed by atoms with Gasteiger partial charge in [0.2, 0.25) is 0 Å². The zero-order valence-corrected chi connectivity index (χ0v) is 18.9. The van der Waals surface area contributed by atoms with E-state index in [1.807, 2.05) is 63.2 Å². The van der Waals surface area contributed by atoms with Crippen molar-refractivity contribution in [1.82, 2.24) is 10.6 Å². The molecule has 2 amide bonds. The number of hydrogen-bond acceptors (Lipinski definition) is 4. The van der Waals surface area contributed by atoms with Crippen molar-refractivity contribution in [2.24, 2.45) is 5.92 Å². The summed E-state index contributed by atoms with van der Waals surface area (Å²) >= 11 is 0. The standard InChI is InChI=1S/C25H30N2O4/c1-14(2)22-21(24(28)30-15(3)4)23(27-25(29)26-22)18-8-11-19(12-9-18)31-20-10-7-16(5)17(6)13-20/h7-15,23H,1-6H3,(H2,26,27,29). The highest BCUT2D eigenvalue weighted by atomic mass is 16.5. The van der Waals surface area contributed by atoms with Crippen LogP contribution in [0.3, 0.4) is 0 Å². The van der Waals surface area contributed by atoms with E-state index >= 15 is 0 Å². The number of amides is 2. The third-order valence-corrected chi connectivity index (χ3v) is 5.17. The predicted octanol–water partition coefficient (Wildman–Crippen LogP) is 5.31. The van der Waals surface area contributed by atoms with Crippen LogP contribution >= 0.6 is 0 Å². The van der Waals surface area contributed by atoms with Crippen molar-refractivity contribution >= 4 is 12.0 Å². The number of urea groups is 1. The Hall–Kier alpha value is -3.28. The predicted molar refractivity (Wildman–Crippen MR) is 120 cm³/mol. The minimum Gasteiger partial charge on any atom is -0.459 e. The third-order valence-electron chi connectivity index (χ3n) is 5.17. The molecule has 1 heterocycles. The summed E-state index contributed by atoms with van der Waals surface area (Å²) in [4.78, 5) is 25.2. The third kappa shape index (κ3) is 5.26. The number of esters is 1. The quantitative estimate of drug-likeness (QED) is 0.619. The van der Waals surface area contributed by atoms with Crippen molar-refractivity contribution in [3.63, 3.8) is 0 Å². The first kappa shape index (κ1) is 22.4. The maximum absolute atomic E-state index is 12.9. The molecule has 164 valence electrons. The number of allylic oxidation sites excluding steroid dienone is 1. The maximum atomic E-state index is 12.9. The van der Waals surface area contributed by atoms with Crippen LogP contribution in [-0.2, 0) is 9.53 Å². The molecule has 2 N–H and O–H groups in total. The first-order valence-corrected chi connectivity index (χ1v) is 10.5. The average molecular weight is 423 g/mol. The van der Waals surface area contributed by atoms with Crippen LogP contribution in [0.1, 0.15) is 50.4 Å². The molecule has 0 aromatic heterocycles. The molecule has 2 aromatic carbocycles. The second-order valence-electron chi connectivity index (χ2n) is 8.38. The second-order valence-corrected chi connectivity index (χ2v) is 8.38. The molecule has 0 fully saturated rings. The zero-order valence-electron chi connectivity index (χ0n) is 18.9. The summed E-state index contributed by atoms with van der Waals surface area (Å²) in [5, 5.41) is 5.63. The lowest BCUT2D eigenvalue weighted by atomic mass is 9.91. The normalized spacial score (nSPS) is 16.3. The molecule has 0 radical (unpaired) electrons. The minimum absolute atomic E-state index is 0.0457. The molecule has 6 heteroatoms. The molecule has 0 saturated carbocycles. The molecule has 3 rings (SSSR count). The fraction of sp³-hybridized carbons (Fsp3) is 0.360. The molecule has 0 aliphatic carbocycles. The molecular formula is C25H30N2O4. The molecule has 0 saturated heterocycles. The van der Waals surface area contributed by atoms with Gasteiger partial charge in [0.25, 0.3) is 0 Å². The summed E-state index contributed by atoms with van der Waals surface area (Å²) in [5.41, 5.74) is 4.14. The topological polar surface area (TPSA) is 76.7 Å². The molecule has 1 atom stereocenters. The van der Waals surface area contributed by atoms with Gasteiger partial charge in [-0.25, -0.2) is 9.59 Å². The Balaban J connectivity index is 1.91. The Morgan fingerprint density at radius 3 is 2.16 bits per heavy atom. The van der Waals surface area contributed by atoms with E-state index in [0.29, 0.717) is 17.0 Å². The monoisotopic (exact) mass is 422 g/mol. The number of ether oxygens (including phenoxy) is 2. The van der Waals surface area contributed by atoms with Gasteiger partial charge < -0.3 is 20.1 Å². The van der Waals surface area contributed by atoms with E-state index in [4.69, 9.17) is 9.47 Å². The minimum atomic E-state index is -0.604. The number of aryl methyl sites for hydroxylation is 2. The highest BCUT2D eigenvalue weighted by Gasteiger charge is 2.35. The van der Waals surface area contributed by atoms with E-state index in [2.05, 4.69) is 17.6 Å². The summed E-state index contributed by atoms with van der Waals surface area (Å²) in [6, 6.07) is 12.4. The Morgan fingerprint density at radius 2 is 1.58 bits per heavy atom. The van der Waals surface area contributed by atoms with Gasteiger partial charge in [-0.3, -0.25) is 0 Å². The molecule has 0 spiro atoms. The molecule has 1 unspecified atom stereocenters. The highest BCUT2D eigenvalue weighted by Crippen LogP contribution is 2.32. The van der Waals surface area contributed by atoms with Gasteiger partial charge in [0.1, 0.15) is 11.5 Å². The Bertz CT molecular complexity index is 1010. The van der Waals surface area contributed by atoms with Gasteiger partial charge in [-0.05, 0) is 74.6 Å². The van der Waals surface area contributed by atoms with Crippen LogP contribution in [0.2, 0.25) is 0 Å². The van der Waals surface area contributed by atoms with Gasteiger partial charge in [0.15, 0.2) is 0 Å². The lowest BCUT2D eigenvalue weighted by molar-refractivity contribution is -0.143. The van der Waals surface area contributed by atoms with Crippen molar-refractivity contribution in [3.05, 3.63) is 70.4 Å². The van der Waals surface area contributed by atoms with Crippen LogP contribution in [0.5, 0.6) is 11.5 Å². The fourth-order valence-electron chi connectivity index (χ4n) is 3.44. The van der Waals surface area contributed by atoms with Crippen molar-refractivity contribution in [2.75, 3.05) is 0 Å². The SMILES string of the molecule is Cc1ccc(Oc2ccc(C3NC(=O)NC(C(C)C)=C3C(=O)OC(C)C)cc2)cc1C. The summed E-state index contributed by atoms with van der Waals surface area (Å²) in [5.74, 6) is 0.947. The Labute approximate surface area is 183 Å². The molecule has 6 nitrogen and oxygen atoms in total. The average Bonchev–Trinajstić information content (AvgIpc) is 2.70. The fourth-order valence-corrected chi connectivity index (χ4v) is 3.44. The van der Waals surface area contributed by atoms with Crippen LogP contribution in [-0.4, -0.2) is 18.1 Å². The van der Waals surface area contributed by atoms with E-state index in [1.54, 1.807) is 13.8 Å². The van der Waals surface area contributed by atoms with Crippen molar-refractivity contribution in [2.45, 2.75) is 53.7 Å². The van der Waals surface area contributed by atoms with Gasteiger partial charge in [-0.15, -0.1) is 0 Å². The van der Waals surface area contributed by atoms with Crippen LogP contribution in [0.4, 0.5) is 4.79 Å². The van der Waals surface area contributed by atoms with Crippen LogP contribution in [0.25, 0.3) is 0 Å². The van der Waals surface area contributed by atoms with Crippen molar-refractivity contribution < 1.29 is 19.1 Å². The second kappa shape index (κ2) is 9.25. The van der Waals surface area contributed by atoms with E-state index in [0.717, 1.165) is 16.9 Å². The van der Waals surface area contributed by atoms with E-state index in [1.165, 1.54) is 5.56 Å². The number of rotatable bonds is 6. The smallest absolute Gasteiger partial charge is 0.338 e. The van der Waals surface area contributed by atoms with Crippen LogP contribution < -0.4 is 15.4 Å². The zero-order chi connectivity index (χ0) is 22.7. The van der Waals surface area contributed by atoms with E-state index in [9.17, 15) is 9.59 Å². The van der Waals surface area contributed by atoms with Gasteiger partial charge in [-0.2, -0.15) is 0 Å². The summed E-state index contributed by atoms with van der Waals surface area (Å²) in [6.45, 7) is 11.6. The van der Waals surface area contributed by atoms with Crippen LogP contribution in [0.15, 0.2) is 53.7 Å². The summed E-state index contributed by atoms with van der Waals surface area (Å²) in [6.07, 6.45) is -0.263. The van der Waals surface area contributed by atoms with Crippen molar-refractivity contribution in [3.8, 4) is 11.5 Å². The molecule has 0 bridgehead atoms. The maximum Gasteiger partial charge on any atom is 0.338 e. The Kier molecular flexibility index (Phi) is 6.68. The van der Waals surface area contributed by atoms with E-state index < -0.39 is 12.0 Å². The number of carbonyl (C=O) groups is 2. The molecule has 1 aliphatic rings. The number of nitrogens with one attached hydrogen (secondary N) is 2. The highest BCUT2D eigenvalue weighted by molar-refractivity contribution is 5.95. The molecular weight excluding hydrogens is 392 g/mol. The van der Waals surface area contributed by atoms with Gasteiger partial charge in [0.05, 0.1) is 17.7 Å². The van der Waals surface area contributed by atoms with Gasteiger partial charge >= 0.3 is 12.0 Å². The van der Waals surface area contributed by atoms with Gasteiger partial charge in [-0.1, -0.05) is 32.0 Å². The number of carbonyl (C=O) groups excluding carboxylic acids is 2. The number of hydrogen-bond donors (Lipinski definition) is 2. The molecule has 2 aromatic rings. The summed E-state index contributed by atoms with van der Waals surface area (Å²) < 4.78 is 11.4. The number of benzene rings is 2. The molecule has 31 heavy (non-hydrogen) atoms. The van der Waals surface area contributed by atoms with Crippen LogP contribution in [0, 0.1) is 19.8 Å². The first-order valence-electron chi connectivity index (χ1n) is 10.5. The lowest BCUT2D eigenvalue weighted by Gasteiger charge is -2.31. The first-order chi connectivity index (χ1) is 14.7. The van der Waals surface area contributed by atoms with Gasteiger partial charge in [0, 0.05) is 5.70 Å². The lowest BCUT2D eigenvalue weighted by Crippen LogP contribution is -2.47. The van der Waals surface area contributed by atoms with E-state index in [-0.39, 0.29) is 18.1 Å². The molecule has 1 aliphatic heterocycles. The van der Waals surface area contributed by atoms with Crippen molar-refractivity contribution in [1.29, 1.82) is 0 Å². The summed E-state index contributed by atoms with van der Waals surface area (Å²) in [7, 11) is 0.